The summed E-state index contributed by atoms with van der Waals surface area (Å²) in [7, 11) is 0. The van der Waals surface area contributed by atoms with Crippen molar-refractivity contribution >= 4 is 62.8 Å². The van der Waals surface area contributed by atoms with Gasteiger partial charge in [-0.3, -0.25) is 24.0 Å². The molecule has 0 atom stereocenters. The first-order chi connectivity index (χ1) is 29.9. The average Bonchev–Trinajstić information content (AvgIpc) is 3.27. The minimum atomic E-state index is -0.562. The van der Waals surface area contributed by atoms with Crippen molar-refractivity contribution in [3.63, 3.8) is 0 Å². The summed E-state index contributed by atoms with van der Waals surface area (Å²) in [5.41, 5.74) is 14.6. The number of esters is 2. The molecule has 2 fully saturated rings. The molecule has 2 aliphatic heterocycles. The zero-order chi connectivity index (χ0) is 44.0. The summed E-state index contributed by atoms with van der Waals surface area (Å²) in [4.78, 5) is 69.7. The average molecular weight is 839 g/mol. The molecule has 8 rings (SSSR count). The predicted octanol–water partition coefficient (Wildman–Crippen LogP) is 6.24. The Labute approximate surface area is 360 Å². The SMILES string of the molecule is CC(=O)Nc1ccc(-c2cc(CC(=O)N3CCOCC3)c3ccccc3n2)cc1.CC(=O)OC(C)=O.Nc1ccc(-c2cc(CC(=O)N3CCOCC3)c3ccccc3n2)cc1. The lowest BCUT2D eigenvalue weighted by atomic mass is 10.0. The number of nitrogens with two attached hydrogens (primary N) is 1. The van der Waals surface area contributed by atoms with Crippen LogP contribution in [-0.4, -0.2) is 102 Å². The molecule has 0 saturated carbocycles. The first kappa shape index (κ1) is 44.5. The fourth-order valence-corrected chi connectivity index (χ4v) is 7.04. The van der Waals surface area contributed by atoms with E-state index in [1.54, 1.807) is 0 Å². The maximum Gasteiger partial charge on any atom is 0.310 e. The third-order valence-electron chi connectivity index (χ3n) is 10.0. The summed E-state index contributed by atoms with van der Waals surface area (Å²) >= 11 is 0. The second-order valence-corrected chi connectivity index (χ2v) is 14.7. The van der Waals surface area contributed by atoms with E-state index in [-0.39, 0.29) is 17.7 Å². The Balaban J connectivity index is 0.000000180. The Kier molecular flexibility index (Phi) is 15.4. The quantitative estimate of drug-likeness (QED) is 0.105. The number of nitrogen functional groups attached to an aromatic ring is 1. The number of aromatic nitrogens is 2. The first-order valence-electron chi connectivity index (χ1n) is 20.3. The van der Waals surface area contributed by atoms with Crippen molar-refractivity contribution in [2.45, 2.75) is 33.6 Å². The number of hydrogen-bond donors (Lipinski definition) is 2. The number of morpholine rings is 2. The third-order valence-corrected chi connectivity index (χ3v) is 10.0. The summed E-state index contributed by atoms with van der Waals surface area (Å²) in [6, 6.07) is 35.1. The lowest BCUT2D eigenvalue weighted by Crippen LogP contribution is -2.41. The molecule has 14 nitrogen and oxygen atoms in total. The highest BCUT2D eigenvalue weighted by atomic mass is 16.6. The number of carbonyl (C=O) groups excluding carboxylic acids is 5. The molecule has 0 unspecified atom stereocenters. The monoisotopic (exact) mass is 838 g/mol. The van der Waals surface area contributed by atoms with E-state index >= 15 is 0 Å². The van der Waals surface area contributed by atoms with Crippen molar-refractivity contribution in [3.8, 4) is 22.5 Å². The minimum Gasteiger partial charge on any atom is -0.399 e. The van der Waals surface area contributed by atoms with E-state index in [1.807, 2.05) is 119 Å². The number of fused-ring (bicyclic) bond motifs is 2. The maximum atomic E-state index is 12.8. The first-order valence-corrected chi connectivity index (χ1v) is 20.3. The molecule has 320 valence electrons. The predicted molar refractivity (Wildman–Crippen MR) is 238 cm³/mol. The van der Waals surface area contributed by atoms with Crippen molar-refractivity contribution in [1.29, 1.82) is 0 Å². The van der Waals surface area contributed by atoms with Crippen LogP contribution in [0.25, 0.3) is 44.3 Å². The van der Waals surface area contributed by atoms with Crippen LogP contribution >= 0.6 is 0 Å². The lowest BCUT2D eigenvalue weighted by Gasteiger charge is -2.27. The van der Waals surface area contributed by atoms with Gasteiger partial charge >= 0.3 is 11.9 Å². The Morgan fingerprint density at radius 1 is 0.597 bits per heavy atom. The van der Waals surface area contributed by atoms with Crippen molar-refractivity contribution in [2.24, 2.45) is 0 Å². The van der Waals surface area contributed by atoms with Gasteiger partial charge in [0.1, 0.15) is 0 Å². The maximum absolute atomic E-state index is 12.8. The second-order valence-electron chi connectivity index (χ2n) is 14.7. The van der Waals surface area contributed by atoms with Crippen LogP contribution in [0.1, 0.15) is 31.9 Å². The summed E-state index contributed by atoms with van der Waals surface area (Å²) < 4.78 is 14.7. The number of nitrogens with zero attached hydrogens (tertiary/aromatic N) is 4. The summed E-state index contributed by atoms with van der Waals surface area (Å²) in [5.74, 6) is -0.991. The van der Waals surface area contributed by atoms with Crippen molar-refractivity contribution < 1.29 is 38.2 Å². The normalized spacial score (nSPS) is 13.5. The van der Waals surface area contributed by atoms with Gasteiger partial charge in [0.2, 0.25) is 17.7 Å². The van der Waals surface area contributed by atoms with Crippen LogP contribution in [0.2, 0.25) is 0 Å². The van der Waals surface area contributed by atoms with Gasteiger partial charge in [-0.2, -0.15) is 0 Å². The highest BCUT2D eigenvalue weighted by molar-refractivity contribution is 5.92. The number of para-hydroxylation sites is 2. The number of amides is 3. The van der Waals surface area contributed by atoms with Gasteiger partial charge in [-0.1, -0.05) is 60.7 Å². The van der Waals surface area contributed by atoms with Gasteiger partial charge in [-0.25, -0.2) is 9.97 Å². The Hall–Kier alpha value is -7.03. The molecule has 2 aliphatic rings. The lowest BCUT2D eigenvalue weighted by molar-refractivity contribution is -0.156. The van der Waals surface area contributed by atoms with Crippen LogP contribution in [0.15, 0.2) is 109 Å². The Morgan fingerprint density at radius 3 is 1.39 bits per heavy atom. The molecule has 2 saturated heterocycles. The number of benzene rings is 4. The van der Waals surface area contributed by atoms with Gasteiger partial charge in [-0.05, 0) is 59.7 Å². The van der Waals surface area contributed by atoms with Gasteiger partial charge in [0.25, 0.3) is 0 Å². The van der Waals surface area contributed by atoms with Gasteiger partial charge in [0.05, 0.1) is 61.7 Å². The van der Waals surface area contributed by atoms with Gasteiger partial charge in [0.15, 0.2) is 0 Å². The van der Waals surface area contributed by atoms with Crippen LogP contribution in [0, 0.1) is 0 Å². The number of pyridine rings is 2. The van der Waals surface area contributed by atoms with E-state index in [0.29, 0.717) is 65.4 Å². The summed E-state index contributed by atoms with van der Waals surface area (Å²) in [5, 5.41) is 4.78. The number of anilines is 2. The van der Waals surface area contributed by atoms with Gasteiger partial charge < -0.3 is 35.1 Å². The molecule has 2 aromatic heterocycles. The van der Waals surface area contributed by atoms with Gasteiger partial charge in [0, 0.05) is 80.2 Å². The molecule has 3 amide bonds. The highest BCUT2D eigenvalue weighted by Gasteiger charge is 2.20. The van der Waals surface area contributed by atoms with Crippen molar-refractivity contribution in [2.75, 3.05) is 63.7 Å². The van der Waals surface area contributed by atoms with E-state index in [4.69, 9.17) is 25.2 Å². The molecule has 6 aromatic rings. The van der Waals surface area contributed by atoms with E-state index in [0.717, 1.165) is 66.8 Å². The molecule has 4 heterocycles. The van der Waals surface area contributed by atoms with Crippen LogP contribution in [0.3, 0.4) is 0 Å². The minimum absolute atomic E-state index is 0.106. The fourth-order valence-electron chi connectivity index (χ4n) is 7.04. The topological polar surface area (TPSA) is 183 Å². The zero-order valence-electron chi connectivity index (χ0n) is 35.1. The number of rotatable bonds is 7. The molecule has 0 radical (unpaired) electrons. The van der Waals surface area contributed by atoms with Crippen LogP contribution in [0.5, 0.6) is 0 Å². The Morgan fingerprint density at radius 2 is 1.00 bits per heavy atom. The zero-order valence-corrected chi connectivity index (χ0v) is 35.1. The number of nitrogens with one attached hydrogen (secondary N) is 1. The molecule has 0 spiro atoms. The van der Waals surface area contributed by atoms with E-state index in [9.17, 15) is 24.0 Å². The summed E-state index contributed by atoms with van der Waals surface area (Å²) in [6.45, 7) is 8.85. The molecule has 4 aromatic carbocycles. The number of ether oxygens (including phenoxy) is 3. The van der Waals surface area contributed by atoms with Crippen LogP contribution in [-0.2, 0) is 51.0 Å². The van der Waals surface area contributed by atoms with Crippen molar-refractivity contribution in [3.05, 3.63) is 120 Å². The van der Waals surface area contributed by atoms with Gasteiger partial charge in [-0.15, -0.1) is 0 Å². The van der Waals surface area contributed by atoms with Crippen molar-refractivity contribution in [1.82, 2.24) is 19.8 Å². The Bertz CT molecular complexity index is 2520. The van der Waals surface area contributed by atoms with E-state index in [2.05, 4.69) is 10.1 Å². The number of hydrogen-bond acceptors (Lipinski definition) is 11. The molecule has 14 heteroatoms. The molecule has 62 heavy (non-hydrogen) atoms. The fraction of sp³-hybridized carbons (Fsp3) is 0.271. The smallest absolute Gasteiger partial charge is 0.310 e. The van der Waals surface area contributed by atoms with E-state index in [1.165, 1.54) is 20.8 Å². The molecule has 0 bridgehead atoms. The molecule has 0 aliphatic carbocycles. The van der Waals surface area contributed by atoms with E-state index < -0.39 is 11.9 Å². The molecule has 3 N–H and O–H groups in total. The molecular weight excluding hydrogens is 789 g/mol. The third kappa shape index (κ3) is 12.5. The number of carbonyl (C=O) groups is 5. The standard InChI is InChI=1S/C23H23N3O3.C21H21N3O2.C4H6O3/c1-16(27)24-19-8-6-17(7-9-19)22-14-18(20-4-2-3-5-21(20)25-22)15-23(28)26-10-12-29-13-11-26;22-17-7-5-15(6-8-17)20-13-16(18-3-1-2-4-19(18)23-20)14-21(25)24-9-11-26-12-10-24;1-3(5)7-4(2)6/h2-9,14H,10-13,15H2,1H3,(H,24,27);1-8,13H,9-12,14,22H2;1-2H3. The second kappa shape index (κ2) is 21.5. The van der Waals surface area contributed by atoms with Crippen LogP contribution < -0.4 is 11.1 Å². The highest BCUT2D eigenvalue weighted by Crippen LogP contribution is 2.28. The largest absolute Gasteiger partial charge is 0.399 e. The molecular formula is C48H50N6O8. The van der Waals surface area contributed by atoms with Crippen LogP contribution in [0.4, 0.5) is 11.4 Å². The summed E-state index contributed by atoms with van der Waals surface area (Å²) in [6.07, 6.45) is 0.699.